The Labute approximate surface area is 117 Å². The van der Waals surface area contributed by atoms with E-state index < -0.39 is 0 Å². The third kappa shape index (κ3) is 6.16. The number of likely N-dealkylation sites (N-methyl/N-ethyl adjacent to an activating group) is 1. The number of aromatic nitrogens is 3. The van der Waals surface area contributed by atoms with Crippen LogP contribution in [0.25, 0.3) is 0 Å². The van der Waals surface area contributed by atoms with Gasteiger partial charge in [-0.15, -0.1) is 0 Å². The fourth-order valence-corrected chi connectivity index (χ4v) is 1.97. The van der Waals surface area contributed by atoms with Crippen LogP contribution in [0.4, 0.5) is 0 Å². The number of nitrogens with one attached hydrogen (secondary N) is 1. The van der Waals surface area contributed by atoms with Crippen molar-refractivity contribution in [3.05, 3.63) is 12.2 Å². The van der Waals surface area contributed by atoms with Crippen molar-refractivity contribution < 1.29 is 0 Å². The first-order valence-electron chi connectivity index (χ1n) is 7.35. The molecule has 5 nitrogen and oxygen atoms in total. The molecule has 0 aliphatic rings. The third-order valence-corrected chi connectivity index (χ3v) is 3.03. The SMILES string of the molecule is CCN(CCNC(C)C)Cc1ncnn1CC(C)C. The van der Waals surface area contributed by atoms with Gasteiger partial charge in [0.05, 0.1) is 6.54 Å². The minimum Gasteiger partial charge on any atom is -0.313 e. The van der Waals surface area contributed by atoms with Gasteiger partial charge in [-0.3, -0.25) is 4.90 Å². The highest BCUT2D eigenvalue weighted by Gasteiger charge is 2.10. The fraction of sp³-hybridized carbons (Fsp3) is 0.857. The molecule has 0 spiro atoms. The highest BCUT2D eigenvalue weighted by molar-refractivity contribution is 4.85. The Morgan fingerprint density at radius 2 is 2.05 bits per heavy atom. The van der Waals surface area contributed by atoms with Gasteiger partial charge in [0.2, 0.25) is 0 Å². The van der Waals surface area contributed by atoms with E-state index in [2.05, 4.69) is 54.9 Å². The van der Waals surface area contributed by atoms with Crippen LogP contribution < -0.4 is 5.32 Å². The zero-order chi connectivity index (χ0) is 14.3. The van der Waals surface area contributed by atoms with Crippen LogP contribution >= 0.6 is 0 Å². The molecule has 0 unspecified atom stereocenters. The van der Waals surface area contributed by atoms with E-state index in [4.69, 9.17) is 0 Å². The summed E-state index contributed by atoms with van der Waals surface area (Å²) in [6, 6.07) is 0.545. The lowest BCUT2D eigenvalue weighted by Gasteiger charge is -2.21. The van der Waals surface area contributed by atoms with Gasteiger partial charge < -0.3 is 5.32 Å². The summed E-state index contributed by atoms with van der Waals surface area (Å²) >= 11 is 0. The molecule has 19 heavy (non-hydrogen) atoms. The molecule has 0 radical (unpaired) electrons. The molecule has 5 heteroatoms. The molecule has 0 atom stereocenters. The van der Waals surface area contributed by atoms with Crippen LogP contribution in [0.5, 0.6) is 0 Å². The molecule has 1 rings (SSSR count). The van der Waals surface area contributed by atoms with Crippen molar-refractivity contribution in [2.24, 2.45) is 5.92 Å². The lowest BCUT2D eigenvalue weighted by molar-refractivity contribution is 0.261. The maximum absolute atomic E-state index is 4.39. The highest BCUT2D eigenvalue weighted by Crippen LogP contribution is 2.04. The summed E-state index contributed by atoms with van der Waals surface area (Å²) in [6.45, 7) is 15.9. The Bertz CT molecular complexity index is 345. The molecule has 1 aromatic rings. The Hall–Kier alpha value is -0.940. The van der Waals surface area contributed by atoms with Crippen LogP contribution in [0.15, 0.2) is 6.33 Å². The van der Waals surface area contributed by atoms with E-state index in [1.807, 2.05) is 4.68 Å². The van der Waals surface area contributed by atoms with Crippen LogP contribution in [0.2, 0.25) is 0 Å². The molecule has 0 saturated carbocycles. The normalized spacial score (nSPS) is 12.0. The first kappa shape index (κ1) is 16.1. The van der Waals surface area contributed by atoms with Crippen LogP contribution in [0, 0.1) is 5.92 Å². The lowest BCUT2D eigenvalue weighted by Crippen LogP contribution is -2.35. The van der Waals surface area contributed by atoms with Gasteiger partial charge in [0, 0.05) is 25.7 Å². The molecule has 1 aromatic heterocycles. The van der Waals surface area contributed by atoms with Crippen LogP contribution in [0.1, 0.15) is 40.4 Å². The topological polar surface area (TPSA) is 46.0 Å². The predicted octanol–water partition coefficient (Wildman–Crippen LogP) is 1.75. The van der Waals surface area contributed by atoms with Gasteiger partial charge in [-0.05, 0) is 12.5 Å². The second-order valence-electron chi connectivity index (χ2n) is 5.73. The highest BCUT2D eigenvalue weighted by atomic mass is 15.3. The maximum atomic E-state index is 4.39. The average Bonchev–Trinajstić information content (AvgIpc) is 2.74. The van der Waals surface area contributed by atoms with Crippen molar-refractivity contribution in [2.45, 2.75) is 53.8 Å². The Morgan fingerprint density at radius 3 is 2.63 bits per heavy atom. The van der Waals surface area contributed by atoms with E-state index in [-0.39, 0.29) is 0 Å². The zero-order valence-electron chi connectivity index (χ0n) is 13.1. The number of hydrogen-bond donors (Lipinski definition) is 1. The Morgan fingerprint density at radius 1 is 1.32 bits per heavy atom. The molecule has 0 saturated heterocycles. The van der Waals surface area contributed by atoms with E-state index in [9.17, 15) is 0 Å². The van der Waals surface area contributed by atoms with E-state index in [1.165, 1.54) is 0 Å². The maximum Gasteiger partial charge on any atom is 0.141 e. The number of rotatable bonds is 9. The molecule has 0 aliphatic heterocycles. The first-order valence-corrected chi connectivity index (χ1v) is 7.35. The summed E-state index contributed by atoms with van der Waals surface area (Å²) in [4.78, 5) is 6.79. The smallest absolute Gasteiger partial charge is 0.141 e. The lowest BCUT2D eigenvalue weighted by atomic mass is 10.2. The minimum atomic E-state index is 0.545. The largest absolute Gasteiger partial charge is 0.313 e. The van der Waals surface area contributed by atoms with Gasteiger partial charge in [0.15, 0.2) is 0 Å². The summed E-state index contributed by atoms with van der Waals surface area (Å²) in [7, 11) is 0. The molecule has 1 N–H and O–H groups in total. The van der Waals surface area contributed by atoms with Crippen molar-refractivity contribution in [3.8, 4) is 0 Å². The summed E-state index contributed by atoms with van der Waals surface area (Å²) in [6.07, 6.45) is 1.66. The van der Waals surface area contributed by atoms with Gasteiger partial charge >= 0.3 is 0 Å². The zero-order valence-corrected chi connectivity index (χ0v) is 13.1. The summed E-state index contributed by atoms with van der Waals surface area (Å²) < 4.78 is 2.03. The minimum absolute atomic E-state index is 0.545. The summed E-state index contributed by atoms with van der Waals surface area (Å²) in [5.41, 5.74) is 0. The second kappa shape index (κ2) is 8.27. The van der Waals surface area contributed by atoms with Gasteiger partial charge in [-0.1, -0.05) is 34.6 Å². The van der Waals surface area contributed by atoms with Gasteiger partial charge in [-0.25, -0.2) is 9.67 Å². The molecule has 0 amide bonds. The molecule has 0 aromatic carbocycles. The van der Waals surface area contributed by atoms with Crippen molar-refractivity contribution in [3.63, 3.8) is 0 Å². The Kier molecular flexibility index (Phi) is 7.02. The van der Waals surface area contributed by atoms with E-state index in [1.54, 1.807) is 6.33 Å². The van der Waals surface area contributed by atoms with Crippen molar-refractivity contribution in [2.75, 3.05) is 19.6 Å². The molecule has 0 bridgehead atoms. The fourth-order valence-electron chi connectivity index (χ4n) is 1.97. The van der Waals surface area contributed by atoms with Gasteiger partial charge in [0.25, 0.3) is 0 Å². The standard InChI is InChI=1S/C14H29N5/c1-6-18(8-7-15-13(4)5)10-14-16-11-17-19(14)9-12(2)3/h11-13,15H,6-10H2,1-5H3. The van der Waals surface area contributed by atoms with E-state index in [0.29, 0.717) is 12.0 Å². The van der Waals surface area contributed by atoms with Crippen LogP contribution in [-0.2, 0) is 13.1 Å². The first-order chi connectivity index (χ1) is 9.02. The molecular weight excluding hydrogens is 238 g/mol. The molecular formula is C14H29N5. The second-order valence-corrected chi connectivity index (χ2v) is 5.73. The van der Waals surface area contributed by atoms with E-state index >= 15 is 0 Å². The quantitative estimate of drug-likeness (QED) is 0.740. The van der Waals surface area contributed by atoms with E-state index in [0.717, 1.165) is 38.5 Å². The monoisotopic (exact) mass is 267 g/mol. The molecule has 110 valence electrons. The predicted molar refractivity (Wildman–Crippen MR) is 78.9 cm³/mol. The van der Waals surface area contributed by atoms with Crippen molar-refractivity contribution in [1.29, 1.82) is 0 Å². The third-order valence-electron chi connectivity index (χ3n) is 3.03. The molecule has 1 heterocycles. The average molecular weight is 267 g/mol. The van der Waals surface area contributed by atoms with Crippen molar-refractivity contribution in [1.82, 2.24) is 25.0 Å². The van der Waals surface area contributed by atoms with Crippen molar-refractivity contribution >= 4 is 0 Å². The van der Waals surface area contributed by atoms with Gasteiger partial charge in [0.1, 0.15) is 12.2 Å². The van der Waals surface area contributed by atoms with Gasteiger partial charge in [-0.2, -0.15) is 5.10 Å². The number of hydrogen-bond acceptors (Lipinski definition) is 4. The summed E-state index contributed by atoms with van der Waals surface area (Å²) in [5, 5.41) is 7.77. The Balaban J connectivity index is 2.48. The number of nitrogens with zero attached hydrogens (tertiary/aromatic N) is 4. The van der Waals surface area contributed by atoms with Crippen LogP contribution in [0.3, 0.4) is 0 Å². The summed E-state index contributed by atoms with van der Waals surface area (Å²) in [5.74, 6) is 1.67. The van der Waals surface area contributed by atoms with Crippen LogP contribution in [-0.4, -0.2) is 45.3 Å². The molecule has 0 aliphatic carbocycles. The molecule has 0 fully saturated rings.